The van der Waals surface area contributed by atoms with Gasteiger partial charge in [0, 0.05) is 12.8 Å². The second-order valence-corrected chi connectivity index (χ2v) is 28.5. The normalized spacial score (nSPS) is 13.8. The summed E-state index contributed by atoms with van der Waals surface area (Å²) in [6.07, 6.45) is 90.4. The summed E-state index contributed by atoms with van der Waals surface area (Å²) in [7, 11) is 1.18. The maximum atomic E-state index is 13.6. The van der Waals surface area contributed by atoms with Crippen LogP contribution in [0.25, 0.3) is 0 Å². The Morgan fingerprint density at radius 2 is 0.719 bits per heavy atom. The van der Waals surface area contributed by atoms with Crippen LogP contribution in [-0.4, -0.2) is 69.4 Å². The Kier molecular flexibility index (Phi) is 66.4. The lowest BCUT2D eigenvalue weighted by Gasteiger charge is -2.30. The van der Waals surface area contributed by atoms with Gasteiger partial charge in [0.1, 0.15) is 19.3 Å². The minimum absolute atomic E-state index is 0.0253. The first-order valence-corrected chi connectivity index (χ1v) is 39.7. The summed E-state index contributed by atoms with van der Waals surface area (Å²) in [4.78, 5) is 40.3. The van der Waals surface area contributed by atoms with Gasteiger partial charge in [0.2, 0.25) is 5.91 Å². The molecule has 1 N–H and O–H groups in total. The molecule has 0 fully saturated rings. The van der Waals surface area contributed by atoms with Gasteiger partial charge < -0.3 is 28.5 Å². The predicted octanol–water partition coefficient (Wildman–Crippen LogP) is 24.1. The number of esters is 1. The fourth-order valence-electron chi connectivity index (χ4n) is 11.3. The maximum Gasteiger partial charge on any atom is 0.306 e. The second-order valence-electron chi connectivity index (χ2n) is 27.1. The number of nitrogens with zero attached hydrogens (tertiary/aromatic N) is 1. The van der Waals surface area contributed by atoms with E-state index in [-0.39, 0.29) is 24.9 Å². The molecule has 0 aliphatic rings. The Labute approximate surface area is 553 Å². The van der Waals surface area contributed by atoms with E-state index in [9.17, 15) is 19.0 Å². The van der Waals surface area contributed by atoms with Gasteiger partial charge in [0.15, 0.2) is 0 Å². The van der Waals surface area contributed by atoms with Crippen LogP contribution >= 0.6 is 7.82 Å². The number of amides is 1. The monoisotopic (exact) mass is 1270 g/mol. The molecule has 0 aromatic heterocycles. The highest BCUT2D eigenvalue weighted by atomic mass is 31.2. The van der Waals surface area contributed by atoms with Gasteiger partial charge in [-0.3, -0.25) is 14.2 Å². The Morgan fingerprint density at radius 3 is 1.08 bits per heavy atom. The van der Waals surface area contributed by atoms with Gasteiger partial charge in [-0.05, 0) is 76.7 Å². The summed E-state index contributed by atoms with van der Waals surface area (Å²) in [5.74, 6) is -0.539. The highest BCUT2D eigenvalue weighted by Gasteiger charge is 2.27. The van der Waals surface area contributed by atoms with E-state index in [1.165, 1.54) is 231 Å². The Morgan fingerprint density at radius 1 is 0.404 bits per heavy atom. The van der Waals surface area contributed by atoms with Gasteiger partial charge in [-0.25, -0.2) is 0 Å². The lowest BCUT2D eigenvalue weighted by molar-refractivity contribution is -0.870. The molecule has 0 aromatic rings. The van der Waals surface area contributed by atoms with E-state index >= 15 is 0 Å². The van der Waals surface area contributed by atoms with Crippen LogP contribution in [0.4, 0.5) is 0 Å². The Bertz CT molecular complexity index is 1750. The summed E-state index contributed by atoms with van der Waals surface area (Å²) in [6.45, 7) is 6.78. The first-order chi connectivity index (χ1) is 43.4. The van der Waals surface area contributed by atoms with Crippen molar-refractivity contribution in [2.24, 2.45) is 0 Å². The molecule has 0 aliphatic carbocycles. The molecule has 0 spiro atoms. The van der Waals surface area contributed by atoms with Gasteiger partial charge in [0.25, 0.3) is 7.82 Å². The molecule has 520 valence electrons. The van der Waals surface area contributed by atoms with E-state index in [0.717, 1.165) is 103 Å². The third-order valence-electron chi connectivity index (χ3n) is 17.2. The molecular formula is C79H147N2O7P. The summed E-state index contributed by atoms with van der Waals surface area (Å²) in [5, 5.41) is 3.05. The number of carbonyl (C=O) groups is 2. The van der Waals surface area contributed by atoms with Crippen LogP contribution in [0, 0.1) is 0 Å². The standard InChI is InChI=1S/C79H147N2O7P/c1-7-10-13-16-19-22-25-28-30-32-34-36-38-39-40-41-43-45-47-49-51-54-57-60-63-66-69-72-79(83)88-77(70-67-64-61-58-55-52-27-24-21-18-15-12-9-3)76(75-87-89(84,85)86-74-73-81(4,5)6)80-78(82)71-68-65-62-59-56-53-50-48-46-44-42-37-35-33-31-29-26-23-20-17-14-11-8-2/h11,14,20,23,29,31,35,37,44,46,67,70,76-77H,7-10,12-13,15-19,21-22,24-28,30,32-34,36,38-43,45,47-66,68-69,71-75H2,1-6H3,(H-,80,82,84,85)/b14-11-,23-20-,31-29-,37-35-,46-44-,70-67+. The lowest BCUT2D eigenvalue weighted by atomic mass is 10.0. The molecule has 9 nitrogen and oxygen atoms in total. The first-order valence-electron chi connectivity index (χ1n) is 38.2. The highest BCUT2D eigenvalue weighted by Crippen LogP contribution is 2.38. The molecule has 0 rings (SSSR count). The van der Waals surface area contributed by atoms with Gasteiger partial charge in [0.05, 0.1) is 33.8 Å². The van der Waals surface area contributed by atoms with Crippen LogP contribution in [0.5, 0.6) is 0 Å². The largest absolute Gasteiger partial charge is 0.756 e. The fraction of sp³-hybridized carbons (Fsp3) is 0.823. The van der Waals surface area contributed by atoms with Crippen molar-refractivity contribution >= 4 is 19.7 Å². The van der Waals surface area contributed by atoms with E-state index in [0.29, 0.717) is 17.4 Å². The molecule has 0 saturated carbocycles. The number of rotatable bonds is 70. The average molecular weight is 1270 g/mol. The molecular weight excluding hydrogens is 1120 g/mol. The van der Waals surface area contributed by atoms with Gasteiger partial charge in [-0.15, -0.1) is 0 Å². The summed E-state index contributed by atoms with van der Waals surface area (Å²) < 4.78 is 30.5. The summed E-state index contributed by atoms with van der Waals surface area (Å²) >= 11 is 0. The zero-order valence-electron chi connectivity index (χ0n) is 59.6. The molecule has 0 heterocycles. The molecule has 1 amide bonds. The molecule has 89 heavy (non-hydrogen) atoms. The number of unbranched alkanes of at least 4 members (excludes halogenated alkanes) is 44. The van der Waals surface area contributed by atoms with E-state index in [4.69, 9.17) is 13.8 Å². The van der Waals surface area contributed by atoms with Crippen molar-refractivity contribution in [1.82, 2.24) is 5.32 Å². The number of phosphoric ester groups is 1. The van der Waals surface area contributed by atoms with Crippen molar-refractivity contribution in [3.63, 3.8) is 0 Å². The van der Waals surface area contributed by atoms with Crippen molar-refractivity contribution in [3.8, 4) is 0 Å². The number of quaternary nitrogens is 1. The molecule has 10 heteroatoms. The van der Waals surface area contributed by atoms with Crippen LogP contribution in [0.1, 0.15) is 367 Å². The summed E-state index contributed by atoms with van der Waals surface area (Å²) in [5.41, 5.74) is 0. The van der Waals surface area contributed by atoms with Crippen LogP contribution in [0.15, 0.2) is 72.9 Å². The quantitative estimate of drug-likeness (QED) is 0.0212. The molecule has 3 atom stereocenters. The molecule has 0 bridgehead atoms. The van der Waals surface area contributed by atoms with Crippen molar-refractivity contribution in [2.45, 2.75) is 380 Å². The second kappa shape index (κ2) is 68.3. The fourth-order valence-corrected chi connectivity index (χ4v) is 12.0. The highest BCUT2D eigenvalue weighted by molar-refractivity contribution is 7.45. The molecule has 0 radical (unpaired) electrons. The molecule has 3 unspecified atom stereocenters. The number of hydrogen-bond acceptors (Lipinski definition) is 7. The van der Waals surface area contributed by atoms with Gasteiger partial charge in [-0.2, -0.15) is 0 Å². The Balaban J connectivity index is 5.01. The number of nitrogens with one attached hydrogen (secondary N) is 1. The minimum Gasteiger partial charge on any atom is -0.756 e. The van der Waals surface area contributed by atoms with E-state index in [1.54, 1.807) is 0 Å². The number of hydrogen-bond donors (Lipinski definition) is 1. The maximum absolute atomic E-state index is 13.6. The molecule has 0 aliphatic heterocycles. The predicted molar refractivity (Wildman–Crippen MR) is 385 cm³/mol. The van der Waals surface area contributed by atoms with E-state index in [1.807, 2.05) is 33.3 Å². The lowest BCUT2D eigenvalue weighted by Crippen LogP contribution is -2.47. The topological polar surface area (TPSA) is 114 Å². The van der Waals surface area contributed by atoms with Crippen LogP contribution in [0.3, 0.4) is 0 Å². The van der Waals surface area contributed by atoms with Crippen LogP contribution < -0.4 is 10.2 Å². The van der Waals surface area contributed by atoms with Crippen LogP contribution in [0.2, 0.25) is 0 Å². The number of phosphoric acid groups is 1. The van der Waals surface area contributed by atoms with Crippen molar-refractivity contribution in [3.05, 3.63) is 72.9 Å². The first kappa shape index (κ1) is 86.5. The van der Waals surface area contributed by atoms with Crippen molar-refractivity contribution in [2.75, 3.05) is 40.9 Å². The molecule has 0 aromatic carbocycles. The van der Waals surface area contributed by atoms with Crippen LogP contribution in [-0.2, 0) is 27.9 Å². The van der Waals surface area contributed by atoms with Crippen molar-refractivity contribution < 1.29 is 37.3 Å². The third kappa shape index (κ3) is 69.6. The minimum atomic E-state index is -4.71. The molecule has 0 saturated heterocycles. The van der Waals surface area contributed by atoms with Gasteiger partial charge in [-0.1, -0.05) is 351 Å². The number of carbonyl (C=O) groups excluding carboxylic acids is 2. The van der Waals surface area contributed by atoms with E-state index in [2.05, 4.69) is 86.8 Å². The number of likely N-dealkylation sites (N-methyl/N-ethyl adjacent to an activating group) is 1. The zero-order valence-corrected chi connectivity index (χ0v) is 60.5. The third-order valence-corrected chi connectivity index (χ3v) is 18.1. The van der Waals surface area contributed by atoms with Gasteiger partial charge >= 0.3 is 5.97 Å². The zero-order chi connectivity index (χ0) is 64.9. The smallest absolute Gasteiger partial charge is 0.306 e. The van der Waals surface area contributed by atoms with Crippen molar-refractivity contribution in [1.29, 1.82) is 0 Å². The number of ether oxygens (including phenoxy) is 1. The summed E-state index contributed by atoms with van der Waals surface area (Å²) in [6, 6.07) is -0.897. The Hall–Kier alpha value is -2.55. The van der Waals surface area contributed by atoms with E-state index < -0.39 is 26.6 Å². The SMILES string of the molecule is CC/C=C\C/C=C\C/C=C\C/C=C\C/C=C\CCCCCCCCCC(=O)NC(COP(=O)([O-])OCC[N+](C)(C)C)C(/C=C/CCCCCCCCCCCCC)OC(=O)CCCCCCCCCCCCCCCCCCCCCCCCCCCCC. The number of allylic oxidation sites excluding steroid dienone is 11. The average Bonchev–Trinajstić information content (AvgIpc) is 3.64.